The van der Waals surface area contributed by atoms with Crippen molar-refractivity contribution in [2.75, 3.05) is 19.6 Å². The van der Waals surface area contributed by atoms with E-state index < -0.39 is 0 Å². The van der Waals surface area contributed by atoms with Crippen LogP contribution in [-0.4, -0.2) is 50.3 Å². The minimum atomic E-state index is -0.110. The fraction of sp³-hybridized carbons (Fsp3) is 0.440. The Labute approximate surface area is 179 Å². The summed E-state index contributed by atoms with van der Waals surface area (Å²) in [6.45, 7) is 10.0. The summed E-state index contributed by atoms with van der Waals surface area (Å²) in [5.41, 5.74) is 6.70. The normalized spacial score (nSPS) is 16.1. The predicted molar refractivity (Wildman–Crippen MR) is 123 cm³/mol. The number of nitrogens with zero attached hydrogens (tertiary/aromatic N) is 4. The van der Waals surface area contributed by atoms with E-state index in [2.05, 4.69) is 65.8 Å². The number of piperidine rings is 1. The maximum Gasteiger partial charge on any atom is 0.160 e. The lowest BCUT2D eigenvalue weighted by molar-refractivity contribution is 0.0881. The SMILES string of the molecule is CCc1nc2c(C)cc(C)nc2n1Cc1ccc(C=CCN2CCC(O)CC2)cc1. The molecule has 1 N–H and O–H groups in total. The fourth-order valence-electron chi connectivity index (χ4n) is 4.24. The van der Waals surface area contributed by atoms with Crippen molar-refractivity contribution in [3.8, 4) is 0 Å². The molecular formula is C25H32N4O. The summed E-state index contributed by atoms with van der Waals surface area (Å²) < 4.78 is 2.25. The van der Waals surface area contributed by atoms with Gasteiger partial charge in [0.2, 0.25) is 0 Å². The lowest BCUT2D eigenvalue weighted by atomic mass is 10.1. The molecule has 1 aromatic carbocycles. The molecule has 1 aliphatic rings. The Hall–Kier alpha value is -2.50. The van der Waals surface area contributed by atoms with Crippen LogP contribution in [0.15, 0.2) is 36.4 Å². The first-order valence-electron chi connectivity index (χ1n) is 11.0. The third-order valence-electron chi connectivity index (χ3n) is 5.97. The highest BCUT2D eigenvalue weighted by Gasteiger charge is 2.15. The molecule has 3 aromatic rings. The Morgan fingerprint density at radius 2 is 1.83 bits per heavy atom. The van der Waals surface area contributed by atoms with E-state index in [9.17, 15) is 5.11 Å². The molecule has 1 saturated heterocycles. The highest BCUT2D eigenvalue weighted by molar-refractivity contribution is 5.76. The number of aryl methyl sites for hydroxylation is 3. The minimum Gasteiger partial charge on any atom is -0.393 e. The zero-order valence-corrected chi connectivity index (χ0v) is 18.3. The second-order valence-corrected chi connectivity index (χ2v) is 8.40. The summed E-state index contributed by atoms with van der Waals surface area (Å²) in [7, 11) is 0. The van der Waals surface area contributed by atoms with Crippen molar-refractivity contribution in [1.82, 2.24) is 19.4 Å². The van der Waals surface area contributed by atoms with Crippen molar-refractivity contribution < 1.29 is 5.11 Å². The molecule has 158 valence electrons. The van der Waals surface area contributed by atoms with Gasteiger partial charge >= 0.3 is 0 Å². The number of benzene rings is 1. The van der Waals surface area contributed by atoms with Gasteiger partial charge in [0.05, 0.1) is 12.6 Å². The predicted octanol–water partition coefficient (Wildman–Crippen LogP) is 4.13. The summed E-state index contributed by atoms with van der Waals surface area (Å²) in [5.74, 6) is 1.09. The summed E-state index contributed by atoms with van der Waals surface area (Å²) in [6, 6.07) is 10.9. The highest BCUT2D eigenvalue weighted by atomic mass is 16.3. The number of imidazole rings is 1. The molecule has 30 heavy (non-hydrogen) atoms. The Balaban J connectivity index is 1.45. The first-order valence-corrected chi connectivity index (χ1v) is 11.0. The minimum absolute atomic E-state index is 0.110. The molecule has 0 aliphatic carbocycles. The van der Waals surface area contributed by atoms with E-state index in [0.717, 1.165) is 68.1 Å². The van der Waals surface area contributed by atoms with Crippen LogP contribution in [0.25, 0.3) is 17.2 Å². The van der Waals surface area contributed by atoms with Crippen LogP contribution < -0.4 is 0 Å². The summed E-state index contributed by atoms with van der Waals surface area (Å²) >= 11 is 0. The van der Waals surface area contributed by atoms with Crippen molar-refractivity contribution in [2.24, 2.45) is 0 Å². The number of aliphatic hydroxyl groups excluding tert-OH is 1. The fourth-order valence-corrected chi connectivity index (χ4v) is 4.24. The van der Waals surface area contributed by atoms with Gasteiger partial charge in [-0.25, -0.2) is 9.97 Å². The van der Waals surface area contributed by atoms with Gasteiger partial charge in [0.15, 0.2) is 5.65 Å². The Morgan fingerprint density at radius 3 is 2.53 bits per heavy atom. The molecule has 0 amide bonds. The smallest absolute Gasteiger partial charge is 0.160 e. The molecule has 0 unspecified atom stereocenters. The first-order chi connectivity index (χ1) is 14.5. The van der Waals surface area contributed by atoms with Gasteiger partial charge in [-0.15, -0.1) is 0 Å². The third-order valence-corrected chi connectivity index (χ3v) is 5.97. The van der Waals surface area contributed by atoms with Gasteiger partial charge in [-0.3, -0.25) is 4.90 Å². The van der Waals surface area contributed by atoms with E-state index >= 15 is 0 Å². The molecule has 0 spiro atoms. The van der Waals surface area contributed by atoms with E-state index in [1.807, 2.05) is 6.92 Å². The number of rotatable bonds is 6. The van der Waals surface area contributed by atoms with Gasteiger partial charge < -0.3 is 9.67 Å². The van der Waals surface area contributed by atoms with Gasteiger partial charge in [0, 0.05) is 31.7 Å². The molecule has 5 nitrogen and oxygen atoms in total. The Bertz CT molecular complexity index is 1030. The number of hydrogen-bond donors (Lipinski definition) is 1. The quantitative estimate of drug-likeness (QED) is 0.671. The van der Waals surface area contributed by atoms with Crippen LogP contribution in [0.4, 0.5) is 0 Å². The standard InChI is InChI=1S/C25H32N4O/c1-4-23-27-24-18(2)16-19(3)26-25(24)29(23)17-21-9-7-20(8-10-21)6-5-13-28-14-11-22(30)12-15-28/h5-10,16,22,30H,4,11-15,17H2,1-3H3. The van der Waals surface area contributed by atoms with Gasteiger partial charge in [-0.1, -0.05) is 43.3 Å². The number of likely N-dealkylation sites (tertiary alicyclic amines) is 1. The molecule has 4 rings (SSSR count). The van der Waals surface area contributed by atoms with E-state index in [-0.39, 0.29) is 6.10 Å². The van der Waals surface area contributed by atoms with Crippen molar-refractivity contribution >= 4 is 17.2 Å². The second-order valence-electron chi connectivity index (χ2n) is 8.40. The van der Waals surface area contributed by atoms with E-state index in [0.29, 0.717) is 0 Å². The first kappa shape index (κ1) is 20.8. The van der Waals surface area contributed by atoms with Gasteiger partial charge in [0.25, 0.3) is 0 Å². The second kappa shape index (κ2) is 9.11. The molecule has 1 aliphatic heterocycles. The molecule has 5 heteroatoms. The van der Waals surface area contributed by atoms with Crippen molar-refractivity contribution in [3.05, 3.63) is 64.6 Å². The maximum absolute atomic E-state index is 9.61. The largest absolute Gasteiger partial charge is 0.393 e. The number of pyridine rings is 1. The highest BCUT2D eigenvalue weighted by Crippen LogP contribution is 2.21. The molecule has 0 atom stereocenters. The molecule has 3 heterocycles. The summed E-state index contributed by atoms with van der Waals surface area (Å²) in [5, 5.41) is 9.61. The van der Waals surface area contributed by atoms with E-state index in [1.54, 1.807) is 0 Å². The average Bonchev–Trinajstić information content (AvgIpc) is 3.08. The molecule has 0 radical (unpaired) electrons. The van der Waals surface area contributed by atoms with Crippen LogP contribution in [0, 0.1) is 13.8 Å². The molecule has 0 saturated carbocycles. The molecule has 2 aromatic heterocycles. The zero-order chi connectivity index (χ0) is 21.1. The number of aromatic nitrogens is 3. The van der Waals surface area contributed by atoms with Crippen molar-refractivity contribution in [3.63, 3.8) is 0 Å². The lowest BCUT2D eigenvalue weighted by Crippen LogP contribution is -2.35. The van der Waals surface area contributed by atoms with Crippen molar-refractivity contribution in [1.29, 1.82) is 0 Å². The third kappa shape index (κ3) is 4.63. The summed E-state index contributed by atoms with van der Waals surface area (Å²) in [4.78, 5) is 12.0. The van der Waals surface area contributed by atoms with Crippen LogP contribution in [0.3, 0.4) is 0 Å². The van der Waals surface area contributed by atoms with Gasteiger partial charge in [-0.2, -0.15) is 0 Å². The monoisotopic (exact) mass is 404 g/mol. The van der Waals surface area contributed by atoms with Gasteiger partial charge in [-0.05, 0) is 49.4 Å². The van der Waals surface area contributed by atoms with Crippen LogP contribution >= 0.6 is 0 Å². The van der Waals surface area contributed by atoms with E-state index in [1.165, 1.54) is 16.7 Å². The lowest BCUT2D eigenvalue weighted by Gasteiger charge is -2.28. The molecular weight excluding hydrogens is 372 g/mol. The topological polar surface area (TPSA) is 54.2 Å². The van der Waals surface area contributed by atoms with Crippen LogP contribution in [0.5, 0.6) is 0 Å². The van der Waals surface area contributed by atoms with Crippen LogP contribution in [0.1, 0.15) is 48.0 Å². The van der Waals surface area contributed by atoms with E-state index in [4.69, 9.17) is 9.97 Å². The molecule has 1 fully saturated rings. The Kier molecular flexibility index (Phi) is 6.30. The number of hydrogen-bond acceptors (Lipinski definition) is 4. The Morgan fingerprint density at radius 1 is 1.10 bits per heavy atom. The number of fused-ring (bicyclic) bond motifs is 1. The average molecular weight is 405 g/mol. The van der Waals surface area contributed by atoms with Crippen LogP contribution in [0.2, 0.25) is 0 Å². The zero-order valence-electron chi connectivity index (χ0n) is 18.3. The maximum atomic E-state index is 9.61. The molecule has 0 bridgehead atoms. The number of aliphatic hydroxyl groups is 1. The van der Waals surface area contributed by atoms with Crippen LogP contribution in [-0.2, 0) is 13.0 Å². The van der Waals surface area contributed by atoms with Crippen molar-refractivity contribution in [2.45, 2.75) is 52.7 Å². The van der Waals surface area contributed by atoms with Gasteiger partial charge in [0.1, 0.15) is 11.3 Å². The summed E-state index contributed by atoms with van der Waals surface area (Å²) in [6.07, 6.45) is 6.97.